The summed E-state index contributed by atoms with van der Waals surface area (Å²) in [5, 5.41) is 7.90. The number of hydrogen-bond donors (Lipinski definition) is 1. The molecule has 182 valence electrons. The van der Waals surface area contributed by atoms with Gasteiger partial charge in [0.1, 0.15) is 11.9 Å². The van der Waals surface area contributed by atoms with Crippen LogP contribution >= 0.6 is 0 Å². The predicted molar refractivity (Wildman–Crippen MR) is 131 cm³/mol. The van der Waals surface area contributed by atoms with Crippen LogP contribution in [0.25, 0.3) is 10.8 Å². The first kappa shape index (κ1) is 23.2. The second kappa shape index (κ2) is 9.58. The van der Waals surface area contributed by atoms with E-state index in [9.17, 15) is 18.8 Å². The number of imide groups is 1. The molecule has 0 aliphatic carbocycles. The van der Waals surface area contributed by atoms with Crippen LogP contribution in [0, 0.1) is 5.82 Å². The molecular formula is C26H28FN5O3. The fraction of sp³-hybridized carbons (Fsp3) is 0.385. The number of carbonyl (C=O) groups excluding carboxylic acids is 2. The molecule has 2 fully saturated rings. The lowest BCUT2D eigenvalue weighted by atomic mass is 10.0. The zero-order chi connectivity index (χ0) is 24.5. The van der Waals surface area contributed by atoms with Gasteiger partial charge in [0, 0.05) is 24.9 Å². The Morgan fingerprint density at radius 1 is 1.00 bits per heavy atom. The van der Waals surface area contributed by atoms with E-state index in [4.69, 9.17) is 0 Å². The smallest absolute Gasteiger partial charge is 0.311 e. The molecule has 3 heterocycles. The van der Waals surface area contributed by atoms with Crippen molar-refractivity contribution in [2.24, 2.45) is 0 Å². The van der Waals surface area contributed by atoms with Gasteiger partial charge >= 0.3 is 6.03 Å². The SMILES string of the molecule is CC1C(=O)N(c2cc(Cc3n[nH]c(=O)c4ccccc34)ccc2F)C(=O)N1CCN1CCCCC1. The molecule has 1 unspecified atom stereocenters. The maximum Gasteiger partial charge on any atom is 0.332 e. The molecule has 35 heavy (non-hydrogen) atoms. The highest BCUT2D eigenvalue weighted by molar-refractivity contribution is 6.21. The van der Waals surface area contributed by atoms with E-state index in [-0.39, 0.29) is 11.2 Å². The van der Waals surface area contributed by atoms with Crippen LogP contribution in [0.2, 0.25) is 0 Å². The van der Waals surface area contributed by atoms with Crippen LogP contribution in [0.1, 0.15) is 37.4 Å². The van der Waals surface area contributed by atoms with Gasteiger partial charge in [0.25, 0.3) is 11.5 Å². The molecule has 1 aromatic heterocycles. The maximum atomic E-state index is 14.9. The third-order valence-electron chi connectivity index (χ3n) is 6.99. The van der Waals surface area contributed by atoms with Crippen LogP contribution < -0.4 is 10.5 Å². The van der Waals surface area contributed by atoms with Crippen LogP contribution in [0.3, 0.4) is 0 Å². The fourth-order valence-corrected chi connectivity index (χ4v) is 4.99. The van der Waals surface area contributed by atoms with E-state index in [1.807, 2.05) is 12.1 Å². The number of rotatable bonds is 6. The quantitative estimate of drug-likeness (QED) is 0.551. The van der Waals surface area contributed by atoms with Crippen molar-refractivity contribution in [2.45, 2.75) is 38.6 Å². The van der Waals surface area contributed by atoms with Crippen LogP contribution in [0.5, 0.6) is 0 Å². The summed E-state index contributed by atoms with van der Waals surface area (Å²) in [6, 6.07) is 10.4. The molecule has 5 rings (SSSR count). The molecular weight excluding hydrogens is 449 g/mol. The Kier molecular flexibility index (Phi) is 6.34. The first-order chi connectivity index (χ1) is 16.9. The maximum absolute atomic E-state index is 14.9. The molecule has 3 amide bonds. The van der Waals surface area contributed by atoms with Crippen molar-refractivity contribution in [3.63, 3.8) is 0 Å². The van der Waals surface area contributed by atoms with Crippen molar-refractivity contribution >= 4 is 28.4 Å². The highest BCUT2D eigenvalue weighted by atomic mass is 19.1. The molecule has 0 bridgehead atoms. The summed E-state index contributed by atoms with van der Waals surface area (Å²) in [5.74, 6) is -1.07. The first-order valence-electron chi connectivity index (χ1n) is 12.1. The van der Waals surface area contributed by atoms with Gasteiger partial charge in [0.2, 0.25) is 0 Å². The molecule has 2 aliphatic rings. The van der Waals surface area contributed by atoms with Crippen molar-refractivity contribution in [1.29, 1.82) is 0 Å². The van der Waals surface area contributed by atoms with Crippen LogP contribution in [0.15, 0.2) is 47.3 Å². The van der Waals surface area contributed by atoms with E-state index >= 15 is 0 Å². The summed E-state index contributed by atoms with van der Waals surface area (Å²) in [6.45, 7) is 4.81. The number of carbonyl (C=O) groups is 2. The molecule has 9 heteroatoms. The Morgan fingerprint density at radius 3 is 2.51 bits per heavy atom. The van der Waals surface area contributed by atoms with E-state index in [0.29, 0.717) is 41.5 Å². The Balaban J connectivity index is 1.39. The number of urea groups is 1. The van der Waals surface area contributed by atoms with E-state index in [0.717, 1.165) is 30.8 Å². The van der Waals surface area contributed by atoms with E-state index in [1.165, 1.54) is 23.5 Å². The number of anilines is 1. The zero-order valence-corrected chi connectivity index (χ0v) is 19.7. The molecule has 3 aromatic rings. The lowest BCUT2D eigenvalue weighted by Crippen LogP contribution is -2.41. The van der Waals surface area contributed by atoms with Gasteiger partial charge in [0.05, 0.1) is 16.8 Å². The number of nitrogens with one attached hydrogen (secondary N) is 1. The number of hydrogen-bond acceptors (Lipinski definition) is 5. The number of H-pyrrole nitrogens is 1. The van der Waals surface area contributed by atoms with Crippen LogP contribution in [0.4, 0.5) is 14.9 Å². The second-order valence-electron chi connectivity index (χ2n) is 9.24. The van der Waals surface area contributed by atoms with Crippen LogP contribution in [-0.4, -0.2) is 64.2 Å². The molecule has 1 atom stereocenters. The molecule has 1 N–H and O–H groups in total. The number of piperidine rings is 1. The topological polar surface area (TPSA) is 89.6 Å². The van der Waals surface area contributed by atoms with Crippen molar-refractivity contribution in [3.8, 4) is 0 Å². The average molecular weight is 478 g/mol. The Labute approximate surface area is 202 Å². The Morgan fingerprint density at radius 2 is 1.74 bits per heavy atom. The summed E-state index contributed by atoms with van der Waals surface area (Å²) < 4.78 is 14.9. The number of likely N-dealkylation sites (tertiary alicyclic amines) is 1. The van der Waals surface area contributed by atoms with Gasteiger partial charge in [-0.2, -0.15) is 5.10 Å². The summed E-state index contributed by atoms with van der Waals surface area (Å²) >= 11 is 0. The number of halogens is 1. The van der Waals surface area contributed by atoms with Crippen molar-refractivity contribution < 1.29 is 14.0 Å². The van der Waals surface area contributed by atoms with E-state index in [2.05, 4.69) is 15.1 Å². The molecule has 2 aromatic carbocycles. The molecule has 8 nitrogen and oxygen atoms in total. The minimum atomic E-state index is -0.653. The zero-order valence-electron chi connectivity index (χ0n) is 19.7. The van der Waals surface area contributed by atoms with Gasteiger partial charge in [-0.15, -0.1) is 0 Å². The Bertz CT molecular complexity index is 1330. The van der Waals surface area contributed by atoms with Crippen molar-refractivity contribution in [1.82, 2.24) is 20.0 Å². The normalized spacial score (nSPS) is 19.2. The minimum absolute atomic E-state index is 0.0569. The predicted octanol–water partition coefficient (Wildman–Crippen LogP) is 3.30. The molecule has 2 saturated heterocycles. The van der Waals surface area contributed by atoms with Gasteiger partial charge in [-0.25, -0.2) is 19.2 Å². The third kappa shape index (κ3) is 4.43. The standard InChI is InChI=1S/C26H28FN5O3/c1-17-25(34)32(26(35)31(17)14-13-30-11-5-2-6-12-30)23-16-18(9-10-21(23)27)15-22-19-7-3-4-8-20(19)24(33)29-28-22/h3-4,7-10,16-17H,2,5-6,11-15H2,1H3,(H,29,33). The summed E-state index contributed by atoms with van der Waals surface area (Å²) in [4.78, 5) is 43.1. The lowest BCUT2D eigenvalue weighted by Gasteiger charge is -2.29. The number of aromatic nitrogens is 2. The van der Waals surface area contributed by atoms with E-state index < -0.39 is 23.8 Å². The number of nitrogens with zero attached hydrogens (tertiary/aromatic N) is 4. The van der Waals surface area contributed by atoms with Gasteiger partial charge in [0.15, 0.2) is 0 Å². The molecule has 0 spiro atoms. The van der Waals surface area contributed by atoms with Gasteiger partial charge in [-0.1, -0.05) is 30.7 Å². The lowest BCUT2D eigenvalue weighted by molar-refractivity contribution is -0.119. The number of benzene rings is 2. The highest BCUT2D eigenvalue weighted by Gasteiger charge is 2.44. The third-order valence-corrected chi connectivity index (χ3v) is 6.99. The van der Waals surface area contributed by atoms with Gasteiger partial charge in [-0.05, 0) is 56.6 Å². The molecule has 0 saturated carbocycles. The average Bonchev–Trinajstić information content (AvgIpc) is 3.09. The fourth-order valence-electron chi connectivity index (χ4n) is 4.99. The summed E-state index contributed by atoms with van der Waals surface area (Å²) in [5.41, 5.74) is 0.953. The van der Waals surface area contributed by atoms with Gasteiger partial charge < -0.3 is 9.80 Å². The van der Waals surface area contributed by atoms with Gasteiger partial charge in [-0.3, -0.25) is 9.59 Å². The number of fused-ring (bicyclic) bond motifs is 1. The summed E-state index contributed by atoms with van der Waals surface area (Å²) in [6.07, 6.45) is 3.81. The second-order valence-corrected chi connectivity index (χ2v) is 9.24. The minimum Gasteiger partial charge on any atom is -0.311 e. The largest absolute Gasteiger partial charge is 0.332 e. The molecule has 2 aliphatic heterocycles. The van der Waals surface area contributed by atoms with E-state index in [1.54, 1.807) is 25.1 Å². The van der Waals surface area contributed by atoms with Crippen molar-refractivity contribution in [2.75, 3.05) is 31.1 Å². The van der Waals surface area contributed by atoms with Crippen molar-refractivity contribution in [3.05, 3.63) is 69.9 Å². The number of amides is 3. The Hall–Kier alpha value is -3.59. The van der Waals surface area contributed by atoms with Crippen LogP contribution in [-0.2, 0) is 11.2 Å². The first-order valence-corrected chi connectivity index (χ1v) is 12.1. The monoisotopic (exact) mass is 477 g/mol. The molecule has 0 radical (unpaired) electrons. The number of aromatic amines is 1. The highest BCUT2D eigenvalue weighted by Crippen LogP contribution is 2.29. The summed E-state index contributed by atoms with van der Waals surface area (Å²) in [7, 11) is 0.